The first kappa shape index (κ1) is 38.8. The van der Waals surface area contributed by atoms with Crippen LogP contribution in [0.3, 0.4) is 0 Å². The van der Waals surface area contributed by atoms with Crippen LogP contribution in [-0.2, 0) is 45.4 Å². The van der Waals surface area contributed by atoms with Crippen molar-refractivity contribution < 1.29 is 24.2 Å². The third-order valence-electron chi connectivity index (χ3n) is 11.7. The fourth-order valence-electron chi connectivity index (χ4n) is 8.48. The van der Waals surface area contributed by atoms with Crippen molar-refractivity contribution in [1.29, 1.82) is 0 Å². The van der Waals surface area contributed by atoms with E-state index in [9.17, 15) is 19.5 Å². The monoisotopic (exact) mass is 780 g/mol. The third kappa shape index (κ3) is 8.31. The summed E-state index contributed by atoms with van der Waals surface area (Å²) in [5, 5.41) is 16.2. The van der Waals surface area contributed by atoms with Gasteiger partial charge >= 0.3 is 6.09 Å². The van der Waals surface area contributed by atoms with Crippen LogP contribution >= 0.6 is 0 Å². The number of carbonyl (C=O) groups is 3. The number of ether oxygens (including phenoxy) is 1. The Labute approximate surface area is 340 Å². The summed E-state index contributed by atoms with van der Waals surface area (Å²) in [4.78, 5) is 48.2. The lowest BCUT2D eigenvalue weighted by atomic mass is 9.90. The van der Waals surface area contributed by atoms with Gasteiger partial charge in [0.05, 0.1) is 5.56 Å². The number of hydrogen-bond acceptors (Lipinski definition) is 7. The van der Waals surface area contributed by atoms with Gasteiger partial charge in [-0.05, 0) is 136 Å². The molecule has 3 N–H and O–H groups in total. The molecule has 11 heteroatoms. The number of amides is 3. The van der Waals surface area contributed by atoms with Crippen molar-refractivity contribution in [3.8, 4) is 22.8 Å². The lowest BCUT2D eigenvalue weighted by Gasteiger charge is -2.36. The van der Waals surface area contributed by atoms with Gasteiger partial charge in [-0.15, -0.1) is 0 Å². The Morgan fingerprint density at radius 1 is 0.828 bits per heavy atom. The summed E-state index contributed by atoms with van der Waals surface area (Å²) in [6.07, 6.45) is 3.66. The van der Waals surface area contributed by atoms with E-state index in [2.05, 4.69) is 51.3 Å². The molecule has 11 nitrogen and oxygen atoms in total. The molecule has 3 aliphatic heterocycles. The molecule has 0 fully saturated rings. The Morgan fingerprint density at radius 2 is 1.60 bits per heavy atom. The quantitative estimate of drug-likeness (QED) is 0.137. The van der Waals surface area contributed by atoms with Crippen molar-refractivity contribution in [1.82, 2.24) is 24.6 Å². The molecule has 0 spiro atoms. The number of nitrogens with zero attached hydrogens (tertiary/aromatic N) is 4. The van der Waals surface area contributed by atoms with Crippen molar-refractivity contribution in [3.05, 3.63) is 136 Å². The molecule has 0 aliphatic carbocycles. The highest BCUT2D eigenvalue weighted by atomic mass is 16.6. The van der Waals surface area contributed by atoms with Gasteiger partial charge in [-0.1, -0.05) is 36.4 Å². The van der Waals surface area contributed by atoms with E-state index < -0.39 is 6.09 Å². The van der Waals surface area contributed by atoms with E-state index in [1.54, 1.807) is 41.3 Å². The number of likely N-dealkylation sites (N-methyl/N-ethyl adjacent to an activating group) is 1. The number of carbonyl (C=O) groups excluding carboxylic acids is 3. The summed E-state index contributed by atoms with van der Waals surface area (Å²) in [7, 11) is 4.07. The van der Waals surface area contributed by atoms with E-state index in [0.717, 1.165) is 90.2 Å². The number of hydrogen-bond donors (Lipinski definition) is 3. The second-order valence-corrected chi connectivity index (χ2v) is 16.1. The van der Waals surface area contributed by atoms with Crippen LogP contribution in [0.5, 0.6) is 11.5 Å². The van der Waals surface area contributed by atoms with Gasteiger partial charge in [0, 0.05) is 80.1 Å². The molecule has 3 aliphatic rings. The summed E-state index contributed by atoms with van der Waals surface area (Å²) >= 11 is 0. The van der Waals surface area contributed by atoms with Gasteiger partial charge in [0.15, 0.2) is 0 Å². The molecule has 0 radical (unpaired) electrons. The zero-order valence-electron chi connectivity index (χ0n) is 33.6. The molecule has 300 valence electrons. The highest BCUT2D eigenvalue weighted by Crippen LogP contribution is 2.37. The van der Waals surface area contributed by atoms with E-state index in [0.29, 0.717) is 49.5 Å². The van der Waals surface area contributed by atoms with Crippen LogP contribution in [0.15, 0.2) is 91.0 Å². The first-order chi connectivity index (χ1) is 28.1. The number of phenols is 1. The van der Waals surface area contributed by atoms with Crippen LogP contribution < -0.4 is 15.4 Å². The summed E-state index contributed by atoms with van der Waals surface area (Å²) in [6, 6.07) is 28.6. The highest BCUT2D eigenvalue weighted by molar-refractivity contribution is 6.03. The molecule has 58 heavy (non-hydrogen) atoms. The van der Waals surface area contributed by atoms with Crippen molar-refractivity contribution in [2.45, 2.75) is 71.2 Å². The molecular formula is C47H52N6O5. The van der Waals surface area contributed by atoms with E-state index in [-0.39, 0.29) is 23.6 Å². The lowest BCUT2D eigenvalue weighted by Crippen LogP contribution is -2.43. The second kappa shape index (κ2) is 16.8. The Hall–Kier alpha value is -6.07. The molecular weight excluding hydrogens is 729 g/mol. The molecule has 8 rings (SSSR count). The second-order valence-electron chi connectivity index (χ2n) is 16.1. The predicted octanol–water partition coefficient (Wildman–Crippen LogP) is 7.24. The fraction of sp³-hybridized carbons (Fsp3) is 0.340. The molecule has 4 aromatic carbocycles. The minimum Gasteiger partial charge on any atom is -0.508 e. The van der Waals surface area contributed by atoms with Crippen molar-refractivity contribution in [3.63, 3.8) is 0 Å². The van der Waals surface area contributed by atoms with Crippen molar-refractivity contribution in [2.24, 2.45) is 0 Å². The first-order valence-electron chi connectivity index (χ1n) is 20.4. The van der Waals surface area contributed by atoms with E-state index >= 15 is 0 Å². The van der Waals surface area contributed by atoms with E-state index in [1.807, 2.05) is 49.3 Å². The average Bonchev–Trinajstić information content (AvgIpc) is 3.62. The number of aromatic nitrogens is 1. The first-order valence-corrected chi connectivity index (χ1v) is 20.4. The van der Waals surface area contributed by atoms with Crippen LogP contribution in [0.1, 0.15) is 74.0 Å². The predicted molar refractivity (Wildman–Crippen MR) is 225 cm³/mol. The summed E-state index contributed by atoms with van der Waals surface area (Å²) in [6.45, 7) is 6.19. The molecule has 0 saturated carbocycles. The molecule has 0 bridgehead atoms. The Balaban J connectivity index is 1.10. The van der Waals surface area contributed by atoms with E-state index in [4.69, 9.17) is 4.74 Å². The molecule has 1 aromatic heterocycles. The van der Waals surface area contributed by atoms with Crippen LogP contribution in [0.2, 0.25) is 0 Å². The van der Waals surface area contributed by atoms with Gasteiger partial charge in [-0.2, -0.15) is 0 Å². The third-order valence-corrected chi connectivity index (χ3v) is 11.7. The number of benzene rings is 4. The number of nitrogens with one attached hydrogen (secondary N) is 2. The smallest absolute Gasteiger partial charge is 0.415 e. The molecule has 0 saturated heterocycles. The van der Waals surface area contributed by atoms with Gasteiger partial charge in [-0.3, -0.25) is 9.59 Å². The molecule has 1 atom stereocenters. The maximum absolute atomic E-state index is 15.0. The Kier molecular flexibility index (Phi) is 11.2. The van der Waals surface area contributed by atoms with Crippen LogP contribution in [0.4, 0.5) is 10.5 Å². The topological polar surface area (TPSA) is 119 Å². The van der Waals surface area contributed by atoms with Gasteiger partial charge < -0.3 is 39.7 Å². The van der Waals surface area contributed by atoms with Gasteiger partial charge in [0.1, 0.15) is 11.5 Å². The van der Waals surface area contributed by atoms with Crippen LogP contribution in [-0.4, -0.2) is 82.1 Å². The summed E-state index contributed by atoms with van der Waals surface area (Å²) < 4.78 is 8.08. The molecule has 3 amide bonds. The zero-order chi connectivity index (χ0) is 40.3. The standard InChI is InChI=1S/C47H52N6O5/c1-31-24-33-8-4-5-9-35(33)30-53(31)46(56)41-26-36-29-51(47(57)58-39-17-13-37(14-18-39)48-20-23-50(2)3)22-19-34(36)25-40(41)44-27-42(43-10-6-7-21-52(43)44)45(55)49-28-32-11-15-38(54)16-12-32/h4-5,8-9,11-18,25-27,31,48,54H,6-7,10,19-24,28-30H2,1-3H3,(H,49,55)/t31-/m1/s1. The Morgan fingerprint density at radius 3 is 2.38 bits per heavy atom. The lowest BCUT2D eigenvalue weighted by molar-refractivity contribution is 0.0658. The number of anilines is 1. The highest BCUT2D eigenvalue weighted by Gasteiger charge is 2.33. The van der Waals surface area contributed by atoms with Crippen molar-refractivity contribution in [2.75, 3.05) is 39.0 Å². The average molecular weight is 781 g/mol. The molecule has 5 aromatic rings. The number of aromatic hydroxyl groups is 1. The van der Waals surface area contributed by atoms with Crippen molar-refractivity contribution >= 4 is 23.6 Å². The molecule has 0 unspecified atom stereocenters. The summed E-state index contributed by atoms with van der Waals surface area (Å²) in [5.74, 6) is 0.420. The number of rotatable bonds is 10. The van der Waals surface area contributed by atoms with E-state index in [1.165, 1.54) is 5.56 Å². The molecule has 4 heterocycles. The largest absolute Gasteiger partial charge is 0.508 e. The summed E-state index contributed by atoms with van der Waals surface area (Å²) in [5.41, 5.74) is 10.1. The van der Waals surface area contributed by atoms with Gasteiger partial charge in [0.25, 0.3) is 11.8 Å². The number of fused-ring (bicyclic) bond motifs is 3. The zero-order valence-corrected chi connectivity index (χ0v) is 33.6. The normalized spacial score (nSPS) is 16.0. The number of phenolic OH excluding ortho intramolecular Hbond substituents is 1. The Bertz CT molecular complexity index is 2320. The van der Waals surface area contributed by atoms with Crippen LogP contribution in [0, 0.1) is 0 Å². The minimum atomic E-state index is -0.430. The van der Waals surface area contributed by atoms with Gasteiger partial charge in [0.2, 0.25) is 0 Å². The maximum atomic E-state index is 15.0. The van der Waals surface area contributed by atoms with Gasteiger partial charge in [-0.25, -0.2) is 4.79 Å². The minimum absolute atomic E-state index is 0.0187. The van der Waals surface area contributed by atoms with Crippen LogP contribution in [0.25, 0.3) is 11.3 Å². The SMILES string of the molecule is C[C@@H]1Cc2ccccc2CN1C(=O)c1cc2c(cc1-c1cc(C(=O)NCc3ccc(O)cc3)c3n1CCCC3)CCN(C(=O)Oc1ccc(NCCN(C)C)cc1)C2. The maximum Gasteiger partial charge on any atom is 0.415 e. The fourth-order valence-corrected chi connectivity index (χ4v) is 8.48.